The highest BCUT2D eigenvalue weighted by molar-refractivity contribution is 6.09. The van der Waals surface area contributed by atoms with Crippen LogP contribution in [0.2, 0.25) is 0 Å². The summed E-state index contributed by atoms with van der Waals surface area (Å²) in [6.45, 7) is 16.0. The molecule has 0 unspecified atom stereocenters. The molecule has 21 heteroatoms. The fourth-order valence-corrected chi connectivity index (χ4v) is 6.60. The number of cyclic esters (lactones) is 3. The van der Waals surface area contributed by atoms with Crippen molar-refractivity contribution in [1.29, 1.82) is 0 Å². The summed E-state index contributed by atoms with van der Waals surface area (Å²) in [5, 5.41) is 7.21. The Bertz CT molecular complexity index is 1960. The van der Waals surface area contributed by atoms with Crippen molar-refractivity contribution >= 4 is 59.9 Å². The number of imide groups is 3. The highest BCUT2D eigenvalue weighted by atomic mass is 16.6. The highest BCUT2D eigenvalue weighted by Gasteiger charge is 2.57. The summed E-state index contributed by atoms with van der Waals surface area (Å²) < 4.78 is 26.2. The van der Waals surface area contributed by atoms with Crippen LogP contribution >= 0.6 is 0 Å². The Morgan fingerprint density at radius 1 is 0.567 bits per heavy atom. The van der Waals surface area contributed by atoms with Gasteiger partial charge >= 0.3 is 30.3 Å². The zero-order valence-electron chi connectivity index (χ0n) is 35.5. The largest absolute Gasteiger partial charge is 0.459 e. The molecule has 0 aliphatic carbocycles. The summed E-state index contributed by atoms with van der Waals surface area (Å²) in [6.07, 6.45) is -8.32. The maximum Gasteiger partial charge on any atom is 0.417 e. The lowest BCUT2D eigenvalue weighted by molar-refractivity contribution is -0.155. The van der Waals surface area contributed by atoms with Gasteiger partial charge in [0.15, 0.2) is 18.1 Å². The highest BCUT2D eigenvalue weighted by Crippen LogP contribution is 2.29. The molecule has 6 atom stereocenters. The number of alkyl carbamates (subject to hydrolysis) is 1. The number of hydrogen-bond acceptors (Lipinski definition) is 15. The Morgan fingerprint density at radius 2 is 0.917 bits per heavy atom. The first-order valence-electron chi connectivity index (χ1n) is 19.0. The monoisotopic (exact) mass is 844 g/mol. The zero-order valence-corrected chi connectivity index (χ0v) is 35.5. The van der Waals surface area contributed by atoms with Gasteiger partial charge < -0.3 is 39.6 Å². The first-order valence-corrected chi connectivity index (χ1v) is 19.0. The van der Waals surface area contributed by atoms with Gasteiger partial charge in [0.2, 0.25) is 11.8 Å². The smallest absolute Gasteiger partial charge is 0.417 e. The van der Waals surface area contributed by atoms with Crippen LogP contribution in [0.5, 0.6) is 0 Å². The topological polar surface area (TPSA) is 263 Å². The molecule has 1 aromatic rings. The van der Waals surface area contributed by atoms with E-state index in [1.807, 2.05) is 0 Å². The summed E-state index contributed by atoms with van der Waals surface area (Å²) in [4.78, 5) is 136. The molecular formula is C39H52N6O15. The maximum absolute atomic E-state index is 14.1. The van der Waals surface area contributed by atoms with Crippen molar-refractivity contribution in [3.8, 4) is 0 Å². The molecular weight excluding hydrogens is 792 g/mol. The molecule has 3 heterocycles. The van der Waals surface area contributed by atoms with E-state index in [-0.39, 0.29) is 6.61 Å². The molecule has 328 valence electrons. The lowest BCUT2D eigenvalue weighted by Gasteiger charge is -2.35. The normalized spacial score (nSPS) is 23.3. The number of ether oxygens (including phenoxy) is 5. The minimum atomic E-state index is -2.04. The minimum Gasteiger partial charge on any atom is -0.459 e. The average molecular weight is 845 g/mol. The second kappa shape index (κ2) is 16.8. The van der Waals surface area contributed by atoms with Gasteiger partial charge in [-0.3, -0.25) is 24.0 Å². The van der Waals surface area contributed by atoms with Gasteiger partial charge in [0.25, 0.3) is 17.7 Å². The molecule has 1 aromatic carbocycles. The maximum atomic E-state index is 14.1. The molecule has 3 aliphatic rings. The van der Waals surface area contributed by atoms with E-state index in [2.05, 4.69) is 16.0 Å². The van der Waals surface area contributed by atoms with Gasteiger partial charge in [-0.15, -0.1) is 0 Å². The first kappa shape index (κ1) is 46.4. The van der Waals surface area contributed by atoms with Gasteiger partial charge in [-0.1, -0.05) is 30.3 Å². The lowest BCUT2D eigenvalue weighted by atomic mass is 9.97. The number of rotatable bonds is 11. The van der Waals surface area contributed by atoms with Crippen molar-refractivity contribution in [3.63, 3.8) is 0 Å². The number of carbonyl (C=O) groups is 10. The summed E-state index contributed by atoms with van der Waals surface area (Å²) >= 11 is 0. The van der Waals surface area contributed by atoms with Gasteiger partial charge in [-0.05, 0) is 88.6 Å². The second-order valence-corrected chi connectivity index (χ2v) is 17.2. The first-order chi connectivity index (χ1) is 27.5. The lowest BCUT2D eigenvalue weighted by Crippen LogP contribution is -2.66. The Hall–Kier alpha value is -6.28. The Kier molecular flexibility index (Phi) is 13.0. The van der Waals surface area contributed by atoms with E-state index >= 15 is 0 Å². The van der Waals surface area contributed by atoms with Crippen molar-refractivity contribution in [3.05, 3.63) is 35.9 Å². The van der Waals surface area contributed by atoms with E-state index in [1.165, 1.54) is 62.3 Å². The van der Waals surface area contributed by atoms with E-state index in [0.29, 0.717) is 20.3 Å². The molecule has 0 spiro atoms. The van der Waals surface area contributed by atoms with Crippen LogP contribution < -0.4 is 16.0 Å². The van der Waals surface area contributed by atoms with Crippen LogP contribution in [-0.4, -0.2) is 133 Å². The number of nitrogens with one attached hydrogen (secondary N) is 3. The minimum absolute atomic E-state index is 0.166. The van der Waals surface area contributed by atoms with E-state index < -0.39 is 119 Å². The molecule has 9 amide bonds. The van der Waals surface area contributed by atoms with Crippen LogP contribution in [0.15, 0.2) is 30.3 Å². The fourth-order valence-electron chi connectivity index (χ4n) is 6.60. The molecule has 3 N–H and O–H groups in total. The third-order valence-corrected chi connectivity index (χ3v) is 9.57. The third kappa shape index (κ3) is 9.77. The van der Waals surface area contributed by atoms with Crippen molar-refractivity contribution in [2.45, 2.75) is 148 Å². The molecule has 60 heavy (non-hydrogen) atoms. The van der Waals surface area contributed by atoms with Crippen molar-refractivity contribution < 1.29 is 71.6 Å². The number of esters is 1. The quantitative estimate of drug-likeness (QED) is 0.213. The SMILES string of the molecule is C[C@H]1OC(=O)N(C(=O)C(C)(C)NC(=O)OC(C)(C)C)[C@@H]1C(=O)NC(C)(C)C(=O)N1C(=O)O[C@H](C)[C@H]1C(=O)NC(C)(C)C(=O)N1C(=O)O[C@H](C)[C@H]1C(=O)OCc1ccccc1. The average Bonchev–Trinajstić information content (AvgIpc) is 3.70. The number of carbonyl (C=O) groups excluding carboxylic acids is 10. The molecule has 4 rings (SSSR count). The predicted octanol–water partition coefficient (Wildman–Crippen LogP) is 2.03. The fraction of sp³-hybridized carbons (Fsp3) is 0.590. The number of benzene rings is 1. The Morgan fingerprint density at radius 3 is 1.30 bits per heavy atom. The van der Waals surface area contributed by atoms with Crippen LogP contribution in [0.3, 0.4) is 0 Å². The van der Waals surface area contributed by atoms with Gasteiger partial charge in [0.05, 0.1) is 0 Å². The standard InChI is InChI=1S/C39H52N6O15/c1-19-23(26(46)41-38(9,10)30(50)45-25(21(3)59-35(45)55)28(48)56-18-22-16-14-13-15-17-22)43(33(53)57-19)29(49)37(7,8)40-27(47)24-20(2)58-34(54)44(24)31(51)39(11,12)42-32(52)60-36(4,5)6/h13-17,19-21,23-25H,18H2,1-12H3,(H,40,47)(H,41,46)(H,42,52)/t19-,20-,21-,23+,24+,25+/m1/s1. The Labute approximate surface area is 346 Å². The second-order valence-electron chi connectivity index (χ2n) is 17.2. The Balaban J connectivity index is 1.50. The summed E-state index contributed by atoms with van der Waals surface area (Å²) in [7, 11) is 0. The molecule has 0 radical (unpaired) electrons. The van der Waals surface area contributed by atoms with Gasteiger partial charge in [-0.25, -0.2) is 38.7 Å². The van der Waals surface area contributed by atoms with Crippen LogP contribution in [0.4, 0.5) is 19.2 Å². The number of amides is 9. The van der Waals surface area contributed by atoms with Crippen molar-refractivity contribution in [2.75, 3.05) is 0 Å². The van der Waals surface area contributed by atoms with E-state index in [0.717, 1.165) is 0 Å². The van der Waals surface area contributed by atoms with E-state index in [1.54, 1.807) is 51.1 Å². The van der Waals surface area contributed by atoms with Crippen LogP contribution in [-0.2, 0) is 59.1 Å². The third-order valence-electron chi connectivity index (χ3n) is 9.57. The molecule has 0 saturated carbocycles. The van der Waals surface area contributed by atoms with Crippen molar-refractivity contribution in [2.24, 2.45) is 0 Å². The molecule has 3 fully saturated rings. The zero-order chi connectivity index (χ0) is 45.4. The van der Waals surface area contributed by atoms with Crippen LogP contribution in [0.25, 0.3) is 0 Å². The molecule has 0 bridgehead atoms. The van der Waals surface area contributed by atoms with Crippen LogP contribution in [0, 0.1) is 0 Å². The molecule has 21 nitrogen and oxygen atoms in total. The number of hydrogen-bond donors (Lipinski definition) is 3. The van der Waals surface area contributed by atoms with Crippen molar-refractivity contribution in [1.82, 2.24) is 30.7 Å². The van der Waals surface area contributed by atoms with Gasteiger partial charge in [0, 0.05) is 0 Å². The summed E-state index contributed by atoms with van der Waals surface area (Å²) in [6, 6.07) is 3.70. The van der Waals surface area contributed by atoms with Gasteiger partial charge in [-0.2, -0.15) is 0 Å². The summed E-state index contributed by atoms with van der Waals surface area (Å²) in [5.41, 5.74) is -6.11. The predicted molar refractivity (Wildman–Crippen MR) is 204 cm³/mol. The molecule has 3 saturated heterocycles. The molecule has 0 aromatic heterocycles. The molecule has 3 aliphatic heterocycles. The van der Waals surface area contributed by atoms with E-state index in [4.69, 9.17) is 23.7 Å². The number of nitrogens with zero attached hydrogens (tertiary/aromatic N) is 3. The van der Waals surface area contributed by atoms with E-state index in [9.17, 15) is 47.9 Å². The van der Waals surface area contributed by atoms with Gasteiger partial charge in [0.1, 0.15) is 47.1 Å². The summed E-state index contributed by atoms with van der Waals surface area (Å²) in [5.74, 6) is -6.42. The van der Waals surface area contributed by atoms with Crippen LogP contribution in [0.1, 0.15) is 88.6 Å².